The quantitative estimate of drug-likeness (QED) is 0.327. The Balaban J connectivity index is 2.59. The van der Waals surface area contributed by atoms with Crippen LogP contribution in [0.5, 0.6) is 5.75 Å². The van der Waals surface area contributed by atoms with Crippen molar-refractivity contribution in [1.82, 2.24) is 5.32 Å². The number of guanidine groups is 1. The Labute approximate surface area is 107 Å². The van der Waals surface area contributed by atoms with Gasteiger partial charge in [-0.25, -0.2) is 4.79 Å². The van der Waals surface area contributed by atoms with Crippen LogP contribution in [0.25, 0.3) is 0 Å². The van der Waals surface area contributed by atoms with Crippen molar-refractivity contribution in [2.45, 2.75) is 26.2 Å². The van der Waals surface area contributed by atoms with E-state index in [4.69, 9.17) is 15.9 Å². The average Bonchev–Trinajstić information content (AvgIpc) is 2.26. The molecule has 98 valence electrons. The zero-order valence-corrected chi connectivity index (χ0v) is 10.9. The van der Waals surface area contributed by atoms with E-state index in [1.807, 2.05) is 12.1 Å². The number of ether oxygens (including phenoxy) is 1. The fraction of sp³-hybridized carbons (Fsp3) is 0.385. The van der Waals surface area contributed by atoms with E-state index in [2.05, 4.69) is 26.1 Å². The summed E-state index contributed by atoms with van der Waals surface area (Å²) in [6.45, 7) is 6.23. The summed E-state index contributed by atoms with van der Waals surface area (Å²) >= 11 is 0. The summed E-state index contributed by atoms with van der Waals surface area (Å²) in [4.78, 5) is 11.4. The van der Waals surface area contributed by atoms with Crippen LogP contribution in [0, 0.1) is 5.41 Å². The summed E-state index contributed by atoms with van der Waals surface area (Å²) in [6.07, 6.45) is 0. The minimum atomic E-state index is -0.478. The van der Waals surface area contributed by atoms with Gasteiger partial charge in [-0.3, -0.25) is 5.41 Å². The third kappa shape index (κ3) is 4.45. The van der Waals surface area contributed by atoms with Gasteiger partial charge in [-0.1, -0.05) is 32.9 Å². The van der Waals surface area contributed by atoms with E-state index in [0.29, 0.717) is 5.75 Å². The topological polar surface area (TPSA) is 88.2 Å². The van der Waals surface area contributed by atoms with Gasteiger partial charge < -0.3 is 15.8 Å². The Hall–Kier alpha value is -2.04. The molecule has 4 N–H and O–H groups in total. The highest BCUT2D eigenvalue weighted by molar-refractivity contribution is 5.82. The van der Waals surface area contributed by atoms with Crippen LogP contribution in [0.1, 0.15) is 26.3 Å². The van der Waals surface area contributed by atoms with E-state index in [1.54, 1.807) is 12.1 Å². The molecule has 0 aliphatic rings. The minimum absolute atomic E-state index is 0.0682. The Kier molecular flexibility index (Phi) is 4.31. The van der Waals surface area contributed by atoms with Gasteiger partial charge in [0.25, 0.3) is 0 Å². The van der Waals surface area contributed by atoms with Crippen LogP contribution in [-0.2, 0) is 10.2 Å². The maximum absolute atomic E-state index is 11.4. The second kappa shape index (κ2) is 5.53. The molecule has 0 fully saturated rings. The van der Waals surface area contributed by atoms with Crippen molar-refractivity contribution in [1.29, 1.82) is 5.41 Å². The molecule has 0 spiro atoms. The van der Waals surface area contributed by atoms with E-state index in [0.717, 1.165) is 0 Å². The Morgan fingerprint density at radius 3 is 2.33 bits per heavy atom. The molecule has 5 heteroatoms. The molecule has 0 radical (unpaired) electrons. The maximum atomic E-state index is 11.4. The highest BCUT2D eigenvalue weighted by Crippen LogP contribution is 2.24. The predicted molar refractivity (Wildman–Crippen MR) is 70.7 cm³/mol. The fourth-order valence-corrected chi connectivity index (χ4v) is 1.36. The monoisotopic (exact) mass is 249 g/mol. The summed E-state index contributed by atoms with van der Waals surface area (Å²) in [7, 11) is 0. The van der Waals surface area contributed by atoms with Crippen molar-refractivity contribution in [2.75, 3.05) is 6.54 Å². The first-order valence-electron chi connectivity index (χ1n) is 5.68. The number of nitrogens with two attached hydrogens (primary N) is 1. The van der Waals surface area contributed by atoms with E-state index >= 15 is 0 Å². The number of carbonyl (C=O) groups excluding carboxylic acids is 1. The summed E-state index contributed by atoms with van der Waals surface area (Å²) in [5.41, 5.74) is 6.30. The molecule has 0 saturated carbocycles. The Bertz CT molecular complexity index is 433. The summed E-state index contributed by atoms with van der Waals surface area (Å²) in [6, 6.07) is 7.38. The molecule has 0 saturated heterocycles. The van der Waals surface area contributed by atoms with E-state index in [-0.39, 0.29) is 17.9 Å². The van der Waals surface area contributed by atoms with Crippen molar-refractivity contribution in [2.24, 2.45) is 5.73 Å². The van der Waals surface area contributed by atoms with Crippen molar-refractivity contribution in [3.05, 3.63) is 29.8 Å². The van der Waals surface area contributed by atoms with Crippen LogP contribution in [0.3, 0.4) is 0 Å². The summed E-state index contributed by atoms with van der Waals surface area (Å²) in [5, 5.41) is 9.31. The number of hydrogen-bond acceptors (Lipinski definition) is 3. The molecule has 5 nitrogen and oxygen atoms in total. The molecule has 0 aliphatic carbocycles. The second-order valence-electron chi connectivity index (χ2n) is 5.02. The molecule has 0 aromatic heterocycles. The number of rotatable bonds is 3. The smallest absolute Gasteiger partial charge is 0.330 e. The normalized spacial score (nSPS) is 10.8. The van der Waals surface area contributed by atoms with Gasteiger partial charge in [0, 0.05) is 0 Å². The number of benzene rings is 1. The largest absolute Gasteiger partial charge is 0.425 e. The van der Waals surface area contributed by atoms with Gasteiger partial charge >= 0.3 is 5.97 Å². The van der Waals surface area contributed by atoms with Crippen LogP contribution < -0.4 is 15.8 Å². The number of carbonyl (C=O) groups is 1. The van der Waals surface area contributed by atoms with Crippen molar-refractivity contribution < 1.29 is 9.53 Å². The lowest BCUT2D eigenvalue weighted by atomic mass is 9.87. The summed E-state index contributed by atoms with van der Waals surface area (Å²) < 4.78 is 5.08. The highest BCUT2D eigenvalue weighted by atomic mass is 16.5. The molecule has 18 heavy (non-hydrogen) atoms. The van der Waals surface area contributed by atoms with Crippen molar-refractivity contribution in [3.8, 4) is 5.75 Å². The van der Waals surface area contributed by atoms with Crippen LogP contribution in [0.2, 0.25) is 0 Å². The third-order valence-electron chi connectivity index (χ3n) is 2.38. The van der Waals surface area contributed by atoms with Gasteiger partial charge in [0.15, 0.2) is 5.96 Å². The molecule has 0 atom stereocenters. The lowest BCUT2D eigenvalue weighted by Crippen LogP contribution is -2.36. The lowest BCUT2D eigenvalue weighted by Gasteiger charge is -2.19. The first-order chi connectivity index (χ1) is 8.29. The molecule has 0 heterocycles. The number of esters is 1. The fourth-order valence-electron chi connectivity index (χ4n) is 1.36. The van der Waals surface area contributed by atoms with Crippen LogP contribution in [0.4, 0.5) is 0 Å². The van der Waals surface area contributed by atoms with Gasteiger partial charge in [0.1, 0.15) is 12.3 Å². The van der Waals surface area contributed by atoms with Crippen molar-refractivity contribution >= 4 is 11.9 Å². The standard InChI is InChI=1S/C13H19N3O2/c1-13(2,3)9-4-6-10(7-5-9)18-11(17)8-16-12(14)15/h4-7H,8H2,1-3H3,(H4,14,15,16). The molecular weight excluding hydrogens is 230 g/mol. The average molecular weight is 249 g/mol. The number of hydrogen-bond donors (Lipinski definition) is 3. The molecule has 0 bridgehead atoms. The first-order valence-corrected chi connectivity index (χ1v) is 5.68. The molecule has 0 amide bonds. The molecule has 1 aromatic carbocycles. The Morgan fingerprint density at radius 2 is 1.89 bits per heavy atom. The first kappa shape index (κ1) is 14.0. The van der Waals surface area contributed by atoms with Crippen molar-refractivity contribution in [3.63, 3.8) is 0 Å². The maximum Gasteiger partial charge on any atom is 0.330 e. The van der Waals surface area contributed by atoms with Crippen LogP contribution in [-0.4, -0.2) is 18.5 Å². The SMILES string of the molecule is CC(C)(C)c1ccc(OC(=O)CNC(=N)N)cc1. The second-order valence-corrected chi connectivity index (χ2v) is 5.02. The van der Waals surface area contributed by atoms with E-state index < -0.39 is 5.97 Å². The third-order valence-corrected chi connectivity index (χ3v) is 2.38. The van der Waals surface area contributed by atoms with Crippen LogP contribution in [0.15, 0.2) is 24.3 Å². The molecule has 0 unspecified atom stereocenters. The summed E-state index contributed by atoms with van der Waals surface area (Å²) in [5.74, 6) is -0.248. The zero-order chi connectivity index (χ0) is 13.8. The van der Waals surface area contributed by atoms with Crippen LogP contribution >= 0.6 is 0 Å². The molecule has 1 rings (SSSR count). The minimum Gasteiger partial charge on any atom is -0.425 e. The van der Waals surface area contributed by atoms with Gasteiger partial charge in [-0.15, -0.1) is 0 Å². The zero-order valence-electron chi connectivity index (χ0n) is 10.9. The van der Waals surface area contributed by atoms with E-state index in [9.17, 15) is 4.79 Å². The lowest BCUT2D eigenvalue weighted by molar-refractivity contribution is -0.133. The van der Waals surface area contributed by atoms with E-state index in [1.165, 1.54) is 5.56 Å². The number of nitrogens with one attached hydrogen (secondary N) is 2. The molecular formula is C13H19N3O2. The molecule has 1 aromatic rings. The predicted octanol–water partition coefficient (Wildman–Crippen LogP) is 1.37. The van der Waals surface area contributed by atoms with Gasteiger partial charge in [-0.05, 0) is 23.1 Å². The van der Waals surface area contributed by atoms with Gasteiger partial charge in [-0.2, -0.15) is 0 Å². The molecule has 0 aliphatic heterocycles. The Morgan fingerprint density at radius 1 is 1.33 bits per heavy atom. The van der Waals surface area contributed by atoms with Gasteiger partial charge in [0.2, 0.25) is 0 Å². The van der Waals surface area contributed by atoms with Gasteiger partial charge in [0.05, 0.1) is 0 Å². The highest BCUT2D eigenvalue weighted by Gasteiger charge is 2.13.